The molecule has 1 heterocycles. The number of fused-ring (bicyclic) bond motifs is 5. The van der Waals surface area contributed by atoms with Crippen LogP contribution in [0.1, 0.15) is 0 Å². The van der Waals surface area contributed by atoms with E-state index in [9.17, 15) is 0 Å². The standard InChI is InChI=1S/C34H23NO/c1-4-12-24(13-5-1)26-22-30(35(27-15-6-2-7-16-27)28-17-8-3-9-18-28)34-32(23-26)36-31-21-20-25-14-10-11-19-29(25)33(31)34/h1-23H. The van der Waals surface area contributed by atoms with Crippen LogP contribution in [-0.2, 0) is 0 Å². The minimum Gasteiger partial charge on any atom is -0.456 e. The molecule has 0 aliphatic carbocycles. The number of anilines is 3. The van der Waals surface area contributed by atoms with E-state index in [0.717, 1.165) is 50.1 Å². The van der Waals surface area contributed by atoms with E-state index >= 15 is 0 Å². The Morgan fingerprint density at radius 3 is 1.75 bits per heavy atom. The molecular formula is C34H23NO. The van der Waals surface area contributed by atoms with E-state index in [4.69, 9.17) is 4.42 Å². The third kappa shape index (κ3) is 3.35. The Bertz CT molecular complexity index is 1780. The van der Waals surface area contributed by atoms with Gasteiger partial charge in [0.25, 0.3) is 0 Å². The molecule has 0 saturated carbocycles. The zero-order valence-corrected chi connectivity index (χ0v) is 19.6. The molecule has 0 amide bonds. The highest BCUT2D eigenvalue weighted by Gasteiger charge is 2.22. The van der Waals surface area contributed by atoms with E-state index in [0.29, 0.717) is 0 Å². The van der Waals surface area contributed by atoms with Crippen LogP contribution in [0, 0.1) is 0 Å². The van der Waals surface area contributed by atoms with Gasteiger partial charge in [-0.25, -0.2) is 0 Å². The predicted molar refractivity (Wildman–Crippen MR) is 151 cm³/mol. The van der Waals surface area contributed by atoms with Crippen LogP contribution in [0.25, 0.3) is 43.8 Å². The summed E-state index contributed by atoms with van der Waals surface area (Å²) in [7, 11) is 0. The normalized spacial score (nSPS) is 11.3. The molecule has 0 spiro atoms. The van der Waals surface area contributed by atoms with Crippen molar-refractivity contribution in [3.05, 3.63) is 140 Å². The fraction of sp³-hybridized carbons (Fsp3) is 0. The monoisotopic (exact) mass is 461 g/mol. The molecular weight excluding hydrogens is 438 g/mol. The summed E-state index contributed by atoms with van der Waals surface area (Å²) in [6, 6.07) is 48.9. The lowest BCUT2D eigenvalue weighted by molar-refractivity contribution is 0.669. The van der Waals surface area contributed by atoms with Gasteiger partial charge < -0.3 is 9.32 Å². The number of furan rings is 1. The molecule has 6 aromatic carbocycles. The second-order valence-electron chi connectivity index (χ2n) is 9.00. The summed E-state index contributed by atoms with van der Waals surface area (Å²) in [6.07, 6.45) is 0. The van der Waals surface area contributed by atoms with Crippen LogP contribution in [-0.4, -0.2) is 0 Å². The molecule has 36 heavy (non-hydrogen) atoms. The first-order valence-corrected chi connectivity index (χ1v) is 12.2. The molecule has 1 aromatic heterocycles. The lowest BCUT2D eigenvalue weighted by atomic mass is 9.98. The van der Waals surface area contributed by atoms with Gasteiger partial charge >= 0.3 is 0 Å². The smallest absolute Gasteiger partial charge is 0.138 e. The highest BCUT2D eigenvalue weighted by molar-refractivity contribution is 6.23. The van der Waals surface area contributed by atoms with Gasteiger partial charge in [-0.3, -0.25) is 0 Å². The summed E-state index contributed by atoms with van der Waals surface area (Å²) in [5.74, 6) is 0. The number of benzene rings is 6. The molecule has 7 aromatic rings. The summed E-state index contributed by atoms with van der Waals surface area (Å²) < 4.78 is 6.56. The zero-order chi connectivity index (χ0) is 23.9. The van der Waals surface area contributed by atoms with Crippen LogP contribution in [0.3, 0.4) is 0 Å². The van der Waals surface area contributed by atoms with Crippen molar-refractivity contribution in [2.75, 3.05) is 4.90 Å². The molecule has 170 valence electrons. The second-order valence-corrected chi connectivity index (χ2v) is 9.00. The van der Waals surface area contributed by atoms with Crippen molar-refractivity contribution in [2.24, 2.45) is 0 Å². The highest BCUT2D eigenvalue weighted by atomic mass is 16.3. The predicted octanol–water partition coefficient (Wildman–Crippen LogP) is 9.88. The molecule has 0 fully saturated rings. The molecule has 0 N–H and O–H groups in total. The van der Waals surface area contributed by atoms with E-state index < -0.39 is 0 Å². The summed E-state index contributed by atoms with van der Waals surface area (Å²) in [5.41, 5.74) is 7.37. The van der Waals surface area contributed by atoms with Crippen LogP contribution in [0.4, 0.5) is 17.1 Å². The minimum absolute atomic E-state index is 0.884. The third-order valence-electron chi connectivity index (χ3n) is 6.82. The molecule has 7 rings (SSSR count). The third-order valence-corrected chi connectivity index (χ3v) is 6.82. The van der Waals surface area contributed by atoms with Crippen molar-refractivity contribution in [2.45, 2.75) is 0 Å². The number of rotatable bonds is 4. The van der Waals surface area contributed by atoms with Gasteiger partial charge in [-0.2, -0.15) is 0 Å². The highest BCUT2D eigenvalue weighted by Crippen LogP contribution is 2.46. The van der Waals surface area contributed by atoms with Crippen molar-refractivity contribution in [1.29, 1.82) is 0 Å². The molecule has 0 atom stereocenters. The Morgan fingerprint density at radius 2 is 1.06 bits per heavy atom. The van der Waals surface area contributed by atoms with Gasteiger partial charge in [-0.05, 0) is 64.4 Å². The number of para-hydroxylation sites is 2. The fourth-order valence-corrected chi connectivity index (χ4v) is 5.20. The molecule has 0 aliphatic heterocycles. The number of hydrogen-bond acceptors (Lipinski definition) is 2. The quantitative estimate of drug-likeness (QED) is 0.259. The van der Waals surface area contributed by atoms with Crippen LogP contribution in [0.2, 0.25) is 0 Å². The van der Waals surface area contributed by atoms with E-state index in [1.807, 2.05) is 0 Å². The molecule has 0 saturated heterocycles. The van der Waals surface area contributed by atoms with Crippen molar-refractivity contribution >= 4 is 49.8 Å². The second kappa shape index (κ2) is 8.44. The van der Waals surface area contributed by atoms with Gasteiger partial charge in [-0.1, -0.05) is 97.1 Å². The SMILES string of the molecule is c1ccc(-c2cc(N(c3ccccc3)c3ccccc3)c3c(c2)oc2ccc4ccccc4c23)cc1. The van der Waals surface area contributed by atoms with Crippen molar-refractivity contribution in [3.8, 4) is 11.1 Å². The summed E-state index contributed by atoms with van der Waals surface area (Å²) in [5, 5.41) is 4.67. The van der Waals surface area contributed by atoms with Gasteiger partial charge in [0.15, 0.2) is 0 Å². The van der Waals surface area contributed by atoms with Crippen molar-refractivity contribution < 1.29 is 4.42 Å². The first-order chi connectivity index (χ1) is 17.9. The topological polar surface area (TPSA) is 16.4 Å². The fourth-order valence-electron chi connectivity index (χ4n) is 5.20. The zero-order valence-electron chi connectivity index (χ0n) is 19.6. The maximum atomic E-state index is 6.56. The van der Waals surface area contributed by atoms with Gasteiger partial charge in [0.2, 0.25) is 0 Å². The maximum absolute atomic E-state index is 6.56. The van der Waals surface area contributed by atoms with Gasteiger partial charge in [0, 0.05) is 16.8 Å². The van der Waals surface area contributed by atoms with Gasteiger partial charge in [0.05, 0.1) is 11.1 Å². The largest absolute Gasteiger partial charge is 0.456 e. The Kier molecular flexibility index (Phi) is 4.82. The van der Waals surface area contributed by atoms with Crippen LogP contribution < -0.4 is 4.90 Å². The molecule has 2 nitrogen and oxygen atoms in total. The number of nitrogens with zero attached hydrogens (tertiary/aromatic N) is 1. The summed E-state index contributed by atoms with van der Waals surface area (Å²) in [4.78, 5) is 2.34. The van der Waals surface area contributed by atoms with E-state index in [1.54, 1.807) is 0 Å². The van der Waals surface area contributed by atoms with Crippen LogP contribution >= 0.6 is 0 Å². The van der Waals surface area contributed by atoms with Crippen LogP contribution in [0.5, 0.6) is 0 Å². The molecule has 0 bridgehead atoms. The first-order valence-electron chi connectivity index (χ1n) is 12.2. The summed E-state index contributed by atoms with van der Waals surface area (Å²) in [6.45, 7) is 0. The Hall–Kier alpha value is -4.82. The Morgan fingerprint density at radius 1 is 0.444 bits per heavy atom. The lowest BCUT2D eigenvalue weighted by Crippen LogP contribution is -2.10. The van der Waals surface area contributed by atoms with Gasteiger partial charge in [-0.15, -0.1) is 0 Å². The minimum atomic E-state index is 0.884. The average molecular weight is 462 g/mol. The van der Waals surface area contributed by atoms with E-state index in [2.05, 4.69) is 144 Å². The first kappa shape index (κ1) is 20.5. The van der Waals surface area contributed by atoms with E-state index in [-0.39, 0.29) is 0 Å². The van der Waals surface area contributed by atoms with Crippen molar-refractivity contribution in [1.82, 2.24) is 0 Å². The van der Waals surface area contributed by atoms with Crippen LogP contribution in [0.15, 0.2) is 144 Å². The average Bonchev–Trinajstić information content (AvgIpc) is 3.34. The molecule has 0 radical (unpaired) electrons. The molecule has 2 heteroatoms. The Balaban J connectivity index is 1.65. The maximum Gasteiger partial charge on any atom is 0.138 e. The van der Waals surface area contributed by atoms with Crippen molar-refractivity contribution in [3.63, 3.8) is 0 Å². The van der Waals surface area contributed by atoms with E-state index in [1.165, 1.54) is 10.8 Å². The Labute approximate surface area is 209 Å². The molecule has 0 unspecified atom stereocenters. The summed E-state index contributed by atoms with van der Waals surface area (Å²) >= 11 is 0. The lowest BCUT2D eigenvalue weighted by Gasteiger charge is -2.27. The van der Waals surface area contributed by atoms with Gasteiger partial charge in [0.1, 0.15) is 11.2 Å². The number of hydrogen-bond donors (Lipinski definition) is 0. The molecule has 0 aliphatic rings.